The summed E-state index contributed by atoms with van der Waals surface area (Å²) in [5, 5.41) is 1.08. The number of benzene rings is 1. The van der Waals surface area contributed by atoms with Gasteiger partial charge in [-0.15, -0.1) is 0 Å². The van der Waals surface area contributed by atoms with Crippen LogP contribution >= 0.6 is 0 Å². The minimum absolute atomic E-state index is 0.381. The van der Waals surface area contributed by atoms with Crippen LogP contribution in [-0.4, -0.2) is 17.8 Å². The lowest BCUT2D eigenvalue weighted by Gasteiger charge is -2.37. The van der Waals surface area contributed by atoms with Crippen LogP contribution in [0.2, 0.25) is 0 Å². The molecule has 1 saturated carbocycles. The van der Waals surface area contributed by atoms with Gasteiger partial charge in [0.2, 0.25) is 6.08 Å². The number of aromatic nitrogens is 1. The average molecular weight is 256 g/mol. The summed E-state index contributed by atoms with van der Waals surface area (Å²) >= 11 is 0. The maximum absolute atomic E-state index is 10.7. The topological polar surface area (TPSA) is 43.6 Å². The minimum Gasteiger partial charge on any atom is -0.496 e. The van der Waals surface area contributed by atoms with E-state index in [9.17, 15) is 4.79 Å². The molecular weight excluding hydrogens is 240 g/mol. The summed E-state index contributed by atoms with van der Waals surface area (Å²) in [7, 11) is 3.67. The number of isocyanates is 1. The zero-order valence-corrected chi connectivity index (χ0v) is 11.1. The summed E-state index contributed by atoms with van der Waals surface area (Å²) < 4.78 is 7.52. The van der Waals surface area contributed by atoms with E-state index in [2.05, 4.69) is 15.6 Å². The molecule has 0 aliphatic heterocycles. The number of nitrogens with zero attached hydrogens (tertiary/aromatic N) is 2. The Morgan fingerprint density at radius 1 is 1.42 bits per heavy atom. The van der Waals surface area contributed by atoms with Gasteiger partial charge in [-0.3, -0.25) is 0 Å². The number of fused-ring (bicyclic) bond motifs is 1. The summed E-state index contributed by atoms with van der Waals surface area (Å²) in [5.41, 5.74) is 1.77. The number of methoxy groups -OCH3 is 1. The molecule has 1 aromatic carbocycles. The van der Waals surface area contributed by atoms with Crippen molar-refractivity contribution in [3.8, 4) is 5.75 Å². The Hall–Kier alpha value is -2.06. The molecule has 98 valence electrons. The molecule has 0 atom stereocenters. The summed E-state index contributed by atoms with van der Waals surface area (Å²) in [6.45, 7) is 0. The van der Waals surface area contributed by atoms with Crippen LogP contribution in [0.15, 0.2) is 29.4 Å². The molecule has 3 rings (SSSR count). The first-order chi connectivity index (χ1) is 9.20. The number of aryl methyl sites for hydroxylation is 1. The van der Waals surface area contributed by atoms with Gasteiger partial charge in [-0.1, -0.05) is 0 Å². The number of rotatable bonds is 3. The lowest BCUT2D eigenvalue weighted by atomic mass is 9.72. The Morgan fingerprint density at radius 2 is 2.21 bits per heavy atom. The van der Waals surface area contributed by atoms with Gasteiger partial charge in [0.05, 0.1) is 18.2 Å². The molecule has 0 bridgehead atoms. The predicted octanol–water partition coefficient (Wildman–Crippen LogP) is 2.90. The summed E-state index contributed by atoms with van der Waals surface area (Å²) in [6.07, 6.45) is 6.64. The first-order valence-electron chi connectivity index (χ1n) is 6.43. The Labute approximate surface area is 111 Å². The quantitative estimate of drug-likeness (QED) is 0.626. The maximum atomic E-state index is 10.7. The molecule has 2 aromatic rings. The van der Waals surface area contributed by atoms with Crippen molar-refractivity contribution in [1.29, 1.82) is 0 Å². The highest BCUT2D eigenvalue weighted by Gasteiger charge is 2.39. The molecule has 4 heteroatoms. The maximum Gasteiger partial charge on any atom is 0.235 e. The third kappa shape index (κ3) is 1.68. The lowest BCUT2D eigenvalue weighted by molar-refractivity contribution is 0.255. The normalized spacial score (nSPS) is 16.7. The van der Waals surface area contributed by atoms with Crippen LogP contribution in [-0.2, 0) is 17.4 Å². The lowest BCUT2D eigenvalue weighted by Crippen LogP contribution is -2.31. The fraction of sp³-hybridized carbons (Fsp3) is 0.400. The molecular formula is C15H16N2O2. The van der Waals surface area contributed by atoms with E-state index >= 15 is 0 Å². The van der Waals surface area contributed by atoms with Crippen molar-refractivity contribution in [2.24, 2.45) is 12.0 Å². The molecule has 0 spiro atoms. The van der Waals surface area contributed by atoms with Gasteiger partial charge in [0.1, 0.15) is 5.75 Å². The standard InChI is InChI=1S/C15H16N2O2/c1-17-7-4-12-13(17)8-11(9-14(12)19-2)15(16-10-18)5-3-6-15/h4,7-9H,3,5-6H2,1-2H3. The van der Waals surface area contributed by atoms with Crippen LogP contribution < -0.4 is 4.74 Å². The molecule has 0 N–H and O–H groups in total. The molecule has 1 heterocycles. The van der Waals surface area contributed by atoms with Crippen LogP contribution in [0.4, 0.5) is 0 Å². The Morgan fingerprint density at radius 3 is 2.79 bits per heavy atom. The molecule has 0 saturated heterocycles. The van der Waals surface area contributed by atoms with E-state index in [4.69, 9.17) is 4.74 Å². The highest BCUT2D eigenvalue weighted by atomic mass is 16.5. The SMILES string of the molecule is COc1cc(C2(N=C=O)CCC2)cc2c1ccn2C. The van der Waals surface area contributed by atoms with Gasteiger partial charge in [-0.25, -0.2) is 4.79 Å². The highest BCUT2D eigenvalue weighted by molar-refractivity contribution is 5.87. The van der Waals surface area contributed by atoms with Crippen molar-refractivity contribution in [2.75, 3.05) is 7.11 Å². The number of ether oxygens (including phenoxy) is 1. The smallest absolute Gasteiger partial charge is 0.235 e. The Balaban J connectivity index is 2.24. The van der Waals surface area contributed by atoms with Crippen LogP contribution in [0.1, 0.15) is 24.8 Å². The van der Waals surface area contributed by atoms with E-state index in [0.717, 1.165) is 41.5 Å². The number of carbonyl (C=O) groups excluding carboxylic acids is 1. The molecule has 1 aliphatic rings. The predicted molar refractivity (Wildman–Crippen MR) is 73.1 cm³/mol. The molecule has 4 nitrogen and oxygen atoms in total. The van der Waals surface area contributed by atoms with E-state index in [0.29, 0.717) is 0 Å². The van der Waals surface area contributed by atoms with Gasteiger partial charge in [0.25, 0.3) is 0 Å². The van der Waals surface area contributed by atoms with Gasteiger partial charge in [-0.05, 0) is 43.0 Å². The summed E-state index contributed by atoms with van der Waals surface area (Å²) in [6, 6.07) is 6.15. The third-order valence-corrected chi connectivity index (χ3v) is 4.16. The van der Waals surface area contributed by atoms with E-state index < -0.39 is 0 Å². The van der Waals surface area contributed by atoms with Gasteiger partial charge >= 0.3 is 0 Å². The monoisotopic (exact) mass is 256 g/mol. The molecule has 0 unspecified atom stereocenters. The van der Waals surface area contributed by atoms with Gasteiger partial charge in [0.15, 0.2) is 0 Å². The van der Waals surface area contributed by atoms with Crippen molar-refractivity contribution in [3.05, 3.63) is 30.0 Å². The van der Waals surface area contributed by atoms with Crippen molar-refractivity contribution in [3.63, 3.8) is 0 Å². The molecule has 0 radical (unpaired) electrons. The van der Waals surface area contributed by atoms with E-state index in [1.165, 1.54) is 0 Å². The van der Waals surface area contributed by atoms with Gasteiger partial charge in [0, 0.05) is 18.6 Å². The second kappa shape index (κ2) is 4.25. The van der Waals surface area contributed by atoms with E-state index in [1.54, 1.807) is 13.2 Å². The van der Waals surface area contributed by atoms with Gasteiger partial charge < -0.3 is 9.30 Å². The second-order valence-corrected chi connectivity index (χ2v) is 5.13. The summed E-state index contributed by atoms with van der Waals surface area (Å²) in [4.78, 5) is 14.8. The van der Waals surface area contributed by atoms with Crippen LogP contribution in [0, 0.1) is 0 Å². The molecule has 1 aromatic heterocycles. The van der Waals surface area contributed by atoms with Crippen LogP contribution in [0.5, 0.6) is 5.75 Å². The molecule has 0 amide bonds. The van der Waals surface area contributed by atoms with E-state index in [-0.39, 0.29) is 5.54 Å². The number of hydrogen-bond acceptors (Lipinski definition) is 3. The largest absolute Gasteiger partial charge is 0.496 e. The number of hydrogen-bond donors (Lipinski definition) is 0. The first kappa shape index (κ1) is 12.0. The van der Waals surface area contributed by atoms with Crippen molar-refractivity contribution < 1.29 is 9.53 Å². The highest BCUT2D eigenvalue weighted by Crippen LogP contribution is 2.46. The molecule has 1 aliphatic carbocycles. The van der Waals surface area contributed by atoms with E-state index in [1.807, 2.05) is 25.4 Å². The fourth-order valence-corrected chi connectivity index (χ4v) is 2.84. The first-order valence-corrected chi connectivity index (χ1v) is 6.43. The minimum atomic E-state index is -0.381. The van der Waals surface area contributed by atoms with Crippen LogP contribution in [0.25, 0.3) is 10.9 Å². The Kier molecular flexibility index (Phi) is 2.68. The zero-order valence-electron chi connectivity index (χ0n) is 11.1. The van der Waals surface area contributed by atoms with Crippen molar-refractivity contribution >= 4 is 17.0 Å². The third-order valence-electron chi connectivity index (χ3n) is 4.16. The molecule has 19 heavy (non-hydrogen) atoms. The second-order valence-electron chi connectivity index (χ2n) is 5.13. The average Bonchev–Trinajstić information content (AvgIpc) is 2.75. The fourth-order valence-electron chi connectivity index (χ4n) is 2.84. The number of aliphatic imine (C=N–C) groups is 1. The van der Waals surface area contributed by atoms with Crippen LogP contribution in [0.3, 0.4) is 0 Å². The zero-order chi connectivity index (χ0) is 13.5. The van der Waals surface area contributed by atoms with Gasteiger partial charge in [-0.2, -0.15) is 4.99 Å². The van der Waals surface area contributed by atoms with Crippen molar-refractivity contribution in [1.82, 2.24) is 4.57 Å². The summed E-state index contributed by atoms with van der Waals surface area (Å²) in [5.74, 6) is 0.834. The van der Waals surface area contributed by atoms with Crippen molar-refractivity contribution in [2.45, 2.75) is 24.8 Å². The Bertz CT molecular complexity index is 677. The molecule has 1 fully saturated rings.